The lowest BCUT2D eigenvalue weighted by molar-refractivity contribution is 0.669. The average Bonchev–Trinajstić information content (AvgIpc) is 3.79. The van der Waals surface area contributed by atoms with Crippen LogP contribution < -0.4 is 0 Å². The average molecular weight is 690 g/mol. The number of nitrogens with zero attached hydrogens (tertiary/aromatic N) is 3. The van der Waals surface area contributed by atoms with Gasteiger partial charge in [0.2, 0.25) is 0 Å². The van der Waals surface area contributed by atoms with Crippen LogP contribution in [0.3, 0.4) is 0 Å². The third kappa shape index (κ3) is 4.85. The van der Waals surface area contributed by atoms with E-state index in [1.54, 1.807) is 0 Å². The van der Waals surface area contributed by atoms with Crippen molar-refractivity contribution in [3.63, 3.8) is 0 Å². The molecule has 4 aromatic heterocycles. The van der Waals surface area contributed by atoms with Gasteiger partial charge in [0, 0.05) is 50.6 Å². The molecule has 0 saturated heterocycles. The van der Waals surface area contributed by atoms with Crippen LogP contribution in [0.4, 0.5) is 0 Å². The molecule has 11 rings (SSSR count). The Labute approximate surface area is 311 Å². The largest absolute Gasteiger partial charge is 0.456 e. The molecule has 0 radical (unpaired) electrons. The van der Waals surface area contributed by atoms with Crippen molar-refractivity contribution < 1.29 is 4.42 Å². The molecule has 0 aliphatic rings. The first-order valence-corrected chi connectivity index (χ1v) is 18.2. The molecule has 252 valence electrons. The number of hydrogen-bond donors (Lipinski definition) is 0. The topological polar surface area (TPSA) is 43.9 Å². The van der Waals surface area contributed by atoms with Crippen molar-refractivity contribution in [2.75, 3.05) is 0 Å². The minimum absolute atomic E-state index is 0.870. The monoisotopic (exact) mass is 689 g/mol. The van der Waals surface area contributed by atoms with Crippen molar-refractivity contribution in [1.82, 2.24) is 14.5 Å². The predicted octanol–water partition coefficient (Wildman–Crippen LogP) is 13.3. The lowest BCUT2D eigenvalue weighted by Gasteiger charge is -2.11. The van der Waals surface area contributed by atoms with E-state index in [9.17, 15) is 0 Å². The number of fused-ring (bicyclic) bond motifs is 7. The lowest BCUT2D eigenvalue weighted by atomic mass is 9.94. The van der Waals surface area contributed by atoms with Crippen molar-refractivity contribution in [3.05, 3.63) is 188 Å². The molecule has 0 aliphatic carbocycles. The van der Waals surface area contributed by atoms with Gasteiger partial charge in [-0.15, -0.1) is 0 Å². The SMILES string of the molecule is c1ccc(-c2cc(-c3cccc(-c4cccc5oc6ccc(-c7ccc8c(c7)c7ccccc7n8-c7ccccc7)cc6c45)c3)nc3ccncc23)cc1. The summed E-state index contributed by atoms with van der Waals surface area (Å²) in [7, 11) is 0. The van der Waals surface area contributed by atoms with E-state index in [4.69, 9.17) is 9.40 Å². The van der Waals surface area contributed by atoms with Gasteiger partial charge in [-0.3, -0.25) is 4.98 Å². The summed E-state index contributed by atoms with van der Waals surface area (Å²) in [5.74, 6) is 0. The van der Waals surface area contributed by atoms with Crippen molar-refractivity contribution in [2.45, 2.75) is 0 Å². The number of rotatable bonds is 5. The summed E-state index contributed by atoms with van der Waals surface area (Å²) < 4.78 is 8.85. The Hall–Kier alpha value is -7.30. The van der Waals surface area contributed by atoms with Crippen LogP contribution in [0.15, 0.2) is 193 Å². The normalized spacial score (nSPS) is 11.7. The molecule has 4 nitrogen and oxygen atoms in total. The van der Waals surface area contributed by atoms with E-state index < -0.39 is 0 Å². The zero-order valence-electron chi connectivity index (χ0n) is 29.1. The zero-order chi connectivity index (χ0) is 35.6. The highest BCUT2D eigenvalue weighted by atomic mass is 16.3. The van der Waals surface area contributed by atoms with Gasteiger partial charge >= 0.3 is 0 Å². The summed E-state index contributed by atoms with van der Waals surface area (Å²) >= 11 is 0. The van der Waals surface area contributed by atoms with Crippen molar-refractivity contribution in [3.8, 4) is 50.3 Å². The fourth-order valence-corrected chi connectivity index (χ4v) is 8.17. The van der Waals surface area contributed by atoms with Crippen LogP contribution in [-0.4, -0.2) is 14.5 Å². The second kappa shape index (κ2) is 12.1. The van der Waals surface area contributed by atoms with Crippen LogP contribution in [-0.2, 0) is 0 Å². The van der Waals surface area contributed by atoms with Crippen molar-refractivity contribution in [1.29, 1.82) is 0 Å². The maximum absolute atomic E-state index is 6.49. The molecule has 4 heterocycles. The molecule has 11 aromatic rings. The first-order chi connectivity index (χ1) is 26.8. The second-order valence-electron chi connectivity index (χ2n) is 13.8. The molecule has 0 atom stereocenters. The Morgan fingerprint density at radius 2 is 1.15 bits per heavy atom. The number of benzene rings is 7. The standard InChI is InChI=1S/C50H31N3O/c1-3-11-32(12-4-1)40-30-45(52-44-25-26-51-31-43(40)44)36-14-9-13-35(27-36)38-18-10-20-49-50(38)42-29-34(22-24-48(42)54-49)33-21-23-47-41(28-33)39-17-7-8-19-46(39)53(47)37-15-5-2-6-16-37/h1-31H. The molecule has 0 unspecified atom stereocenters. The Bertz CT molecular complexity index is 3210. The fraction of sp³-hybridized carbons (Fsp3) is 0. The van der Waals surface area contributed by atoms with Crippen LogP contribution >= 0.6 is 0 Å². The van der Waals surface area contributed by atoms with Gasteiger partial charge in [-0.25, -0.2) is 4.98 Å². The molecule has 0 aliphatic heterocycles. The third-order valence-electron chi connectivity index (χ3n) is 10.7. The van der Waals surface area contributed by atoms with Gasteiger partial charge < -0.3 is 8.98 Å². The lowest BCUT2D eigenvalue weighted by Crippen LogP contribution is -1.92. The molecule has 0 N–H and O–H groups in total. The van der Waals surface area contributed by atoms with E-state index in [1.165, 1.54) is 27.4 Å². The van der Waals surface area contributed by atoms with E-state index in [0.29, 0.717) is 0 Å². The number of pyridine rings is 2. The van der Waals surface area contributed by atoms with E-state index in [0.717, 1.165) is 77.6 Å². The Morgan fingerprint density at radius 3 is 2.04 bits per heavy atom. The molecule has 7 aromatic carbocycles. The number of para-hydroxylation sites is 2. The van der Waals surface area contributed by atoms with E-state index >= 15 is 0 Å². The highest BCUT2D eigenvalue weighted by Crippen LogP contribution is 2.41. The number of furan rings is 1. The summed E-state index contributed by atoms with van der Waals surface area (Å²) in [4.78, 5) is 9.53. The van der Waals surface area contributed by atoms with Gasteiger partial charge in [0.25, 0.3) is 0 Å². The molecule has 4 heteroatoms. The number of aromatic nitrogens is 3. The maximum atomic E-state index is 6.49. The van der Waals surface area contributed by atoms with Crippen molar-refractivity contribution >= 4 is 54.6 Å². The smallest absolute Gasteiger partial charge is 0.136 e. The molecule has 0 amide bonds. The Kier molecular flexibility index (Phi) is 6.82. The van der Waals surface area contributed by atoms with E-state index in [-0.39, 0.29) is 0 Å². The summed E-state index contributed by atoms with van der Waals surface area (Å²) in [5.41, 5.74) is 15.0. The zero-order valence-corrected chi connectivity index (χ0v) is 29.1. The van der Waals surface area contributed by atoms with Gasteiger partial charge in [0.1, 0.15) is 11.2 Å². The maximum Gasteiger partial charge on any atom is 0.136 e. The van der Waals surface area contributed by atoms with Crippen LogP contribution in [0, 0.1) is 0 Å². The molecular formula is C50H31N3O. The molecule has 0 saturated carbocycles. The third-order valence-corrected chi connectivity index (χ3v) is 10.7. The summed E-state index contributed by atoms with van der Waals surface area (Å²) in [6, 6.07) is 62.4. The van der Waals surface area contributed by atoms with Gasteiger partial charge in [-0.2, -0.15) is 0 Å². The van der Waals surface area contributed by atoms with Crippen molar-refractivity contribution in [2.24, 2.45) is 0 Å². The summed E-state index contributed by atoms with van der Waals surface area (Å²) in [6.45, 7) is 0. The number of hydrogen-bond acceptors (Lipinski definition) is 3. The van der Waals surface area contributed by atoms with Gasteiger partial charge in [-0.1, -0.05) is 109 Å². The van der Waals surface area contributed by atoms with Gasteiger partial charge in [-0.05, 0) is 100 Å². The quantitative estimate of drug-likeness (QED) is 0.181. The van der Waals surface area contributed by atoms with Crippen LogP contribution in [0.25, 0.3) is 105 Å². The van der Waals surface area contributed by atoms with E-state index in [2.05, 4.69) is 173 Å². The fourth-order valence-electron chi connectivity index (χ4n) is 8.17. The minimum atomic E-state index is 0.870. The highest BCUT2D eigenvalue weighted by Gasteiger charge is 2.17. The van der Waals surface area contributed by atoms with Crippen LogP contribution in [0.1, 0.15) is 0 Å². The second-order valence-corrected chi connectivity index (χ2v) is 13.8. The van der Waals surface area contributed by atoms with Crippen LogP contribution in [0.2, 0.25) is 0 Å². The predicted molar refractivity (Wildman–Crippen MR) is 223 cm³/mol. The molecule has 0 bridgehead atoms. The molecular weight excluding hydrogens is 659 g/mol. The summed E-state index contributed by atoms with van der Waals surface area (Å²) in [6.07, 6.45) is 3.72. The van der Waals surface area contributed by atoms with E-state index in [1.807, 2.05) is 24.5 Å². The van der Waals surface area contributed by atoms with Crippen LogP contribution in [0.5, 0.6) is 0 Å². The first kappa shape index (κ1) is 30.3. The van der Waals surface area contributed by atoms with Gasteiger partial charge in [0.05, 0.1) is 22.2 Å². The van der Waals surface area contributed by atoms with Gasteiger partial charge in [0.15, 0.2) is 0 Å². The molecule has 0 fully saturated rings. The first-order valence-electron chi connectivity index (χ1n) is 18.2. The Morgan fingerprint density at radius 1 is 0.426 bits per heavy atom. The summed E-state index contributed by atoms with van der Waals surface area (Å²) in [5, 5.41) is 5.71. The highest BCUT2D eigenvalue weighted by molar-refractivity contribution is 6.14. The minimum Gasteiger partial charge on any atom is -0.456 e. The molecule has 54 heavy (non-hydrogen) atoms. The molecule has 0 spiro atoms. The Balaban J connectivity index is 1.05.